The van der Waals surface area contributed by atoms with Gasteiger partial charge in [0.05, 0.1) is 0 Å². The summed E-state index contributed by atoms with van der Waals surface area (Å²) in [5.74, 6) is 0.964. The van der Waals surface area contributed by atoms with E-state index in [1.54, 1.807) is 13.8 Å². The van der Waals surface area contributed by atoms with E-state index < -0.39 is 12.0 Å². The van der Waals surface area contributed by atoms with E-state index in [9.17, 15) is 9.59 Å². The van der Waals surface area contributed by atoms with Crippen molar-refractivity contribution >= 4 is 11.9 Å². The van der Waals surface area contributed by atoms with Crippen LogP contribution in [0.5, 0.6) is 0 Å². The number of carboxylic acid groups (broad SMARTS) is 1. The second kappa shape index (κ2) is 6.88. The lowest BCUT2D eigenvalue weighted by molar-refractivity contribution is -0.142. The molecule has 0 aliphatic heterocycles. The van der Waals surface area contributed by atoms with E-state index in [4.69, 9.17) is 11.5 Å². The number of unbranched alkanes of at least 4 members (excludes halogenated alkanes) is 1. The summed E-state index contributed by atoms with van der Waals surface area (Å²) in [7, 11) is 0. The zero-order valence-corrected chi connectivity index (χ0v) is 9.12. The molecule has 0 aromatic rings. The molecule has 0 saturated carbocycles. The summed E-state index contributed by atoms with van der Waals surface area (Å²) < 4.78 is 0. The van der Waals surface area contributed by atoms with Gasteiger partial charge in [0.25, 0.3) is 0 Å². The van der Waals surface area contributed by atoms with Crippen molar-refractivity contribution in [3.05, 3.63) is 0 Å². The maximum Gasteiger partial charge on any atom is 0.326 e. The van der Waals surface area contributed by atoms with E-state index in [2.05, 4.69) is 11.2 Å². The van der Waals surface area contributed by atoms with Crippen LogP contribution < -0.4 is 5.32 Å². The van der Waals surface area contributed by atoms with Crippen molar-refractivity contribution in [2.45, 2.75) is 39.2 Å². The average Bonchev–Trinajstić information content (AvgIpc) is 2.15. The predicted molar refractivity (Wildman–Crippen MR) is 57.1 cm³/mol. The molecule has 0 aliphatic rings. The van der Waals surface area contributed by atoms with Crippen LogP contribution >= 0.6 is 0 Å². The molecule has 1 atom stereocenters. The number of hydrogen-bond acceptors (Lipinski definition) is 2. The second-order valence-corrected chi connectivity index (χ2v) is 3.65. The molecule has 0 heterocycles. The standard InChI is InChI=1S/C11H17NO3/c1-4-5-6-7-9(11(14)15)12-10(13)8(2)3/h1,8-9H,5-7H2,2-3H3,(H,12,13)(H,14,15)/t9-/m1/s1. The molecule has 0 aliphatic carbocycles. The van der Waals surface area contributed by atoms with Crippen molar-refractivity contribution in [2.24, 2.45) is 5.92 Å². The molecule has 0 spiro atoms. The van der Waals surface area contributed by atoms with E-state index in [0.29, 0.717) is 19.3 Å². The highest BCUT2D eigenvalue weighted by Crippen LogP contribution is 2.02. The van der Waals surface area contributed by atoms with Gasteiger partial charge >= 0.3 is 5.97 Å². The largest absolute Gasteiger partial charge is 0.480 e. The molecule has 0 fully saturated rings. The topological polar surface area (TPSA) is 66.4 Å². The summed E-state index contributed by atoms with van der Waals surface area (Å²) in [6.07, 6.45) is 6.56. The Kier molecular flexibility index (Phi) is 6.19. The molecular weight excluding hydrogens is 194 g/mol. The molecule has 4 heteroatoms. The summed E-state index contributed by atoms with van der Waals surface area (Å²) in [5, 5.41) is 11.3. The van der Waals surface area contributed by atoms with Crippen LogP contribution in [-0.2, 0) is 9.59 Å². The molecule has 15 heavy (non-hydrogen) atoms. The smallest absolute Gasteiger partial charge is 0.326 e. The van der Waals surface area contributed by atoms with Crippen molar-refractivity contribution in [1.82, 2.24) is 5.32 Å². The number of amides is 1. The molecule has 0 aromatic heterocycles. The highest BCUT2D eigenvalue weighted by Gasteiger charge is 2.20. The Bertz CT molecular complexity index is 265. The van der Waals surface area contributed by atoms with Crippen LogP contribution in [0, 0.1) is 18.3 Å². The highest BCUT2D eigenvalue weighted by molar-refractivity contribution is 5.84. The van der Waals surface area contributed by atoms with Gasteiger partial charge in [0, 0.05) is 12.3 Å². The Labute approximate surface area is 90.1 Å². The minimum Gasteiger partial charge on any atom is -0.480 e. The van der Waals surface area contributed by atoms with E-state index >= 15 is 0 Å². The van der Waals surface area contributed by atoms with Crippen LogP contribution in [0.25, 0.3) is 0 Å². The van der Waals surface area contributed by atoms with Crippen LogP contribution in [0.4, 0.5) is 0 Å². The minimum atomic E-state index is -1.01. The summed E-state index contributed by atoms with van der Waals surface area (Å²) in [5.41, 5.74) is 0. The zero-order valence-electron chi connectivity index (χ0n) is 9.12. The maximum absolute atomic E-state index is 11.3. The Balaban J connectivity index is 4.12. The highest BCUT2D eigenvalue weighted by atomic mass is 16.4. The molecule has 0 rings (SSSR count). The Hall–Kier alpha value is -1.50. The Morgan fingerprint density at radius 2 is 2.07 bits per heavy atom. The lowest BCUT2D eigenvalue weighted by Gasteiger charge is -2.15. The number of carboxylic acids is 1. The van der Waals surface area contributed by atoms with Crippen molar-refractivity contribution in [1.29, 1.82) is 0 Å². The van der Waals surface area contributed by atoms with Crippen molar-refractivity contribution in [3.63, 3.8) is 0 Å². The molecular formula is C11H17NO3. The van der Waals surface area contributed by atoms with Gasteiger partial charge in [-0.15, -0.1) is 12.3 Å². The van der Waals surface area contributed by atoms with Gasteiger partial charge in [-0.25, -0.2) is 4.79 Å². The Morgan fingerprint density at radius 3 is 2.47 bits per heavy atom. The van der Waals surface area contributed by atoms with Crippen molar-refractivity contribution in [2.75, 3.05) is 0 Å². The minimum absolute atomic E-state index is 0.209. The second-order valence-electron chi connectivity index (χ2n) is 3.65. The molecule has 84 valence electrons. The first-order valence-electron chi connectivity index (χ1n) is 4.95. The molecule has 0 bridgehead atoms. The van der Waals surface area contributed by atoms with Crippen LogP contribution in [0.3, 0.4) is 0 Å². The number of terminal acetylenes is 1. The molecule has 2 N–H and O–H groups in total. The lowest BCUT2D eigenvalue weighted by Crippen LogP contribution is -2.42. The van der Waals surface area contributed by atoms with Gasteiger partial charge in [-0.2, -0.15) is 0 Å². The Morgan fingerprint density at radius 1 is 1.47 bits per heavy atom. The third-order valence-electron chi connectivity index (χ3n) is 1.95. The summed E-state index contributed by atoms with van der Waals surface area (Å²) in [4.78, 5) is 22.1. The third-order valence-corrected chi connectivity index (χ3v) is 1.95. The number of nitrogens with one attached hydrogen (secondary N) is 1. The molecule has 4 nitrogen and oxygen atoms in total. The number of aliphatic carboxylic acids is 1. The van der Waals surface area contributed by atoms with Gasteiger partial charge < -0.3 is 10.4 Å². The fraction of sp³-hybridized carbons (Fsp3) is 0.636. The maximum atomic E-state index is 11.3. The van der Waals surface area contributed by atoms with Crippen LogP contribution in [0.2, 0.25) is 0 Å². The molecule has 0 aromatic carbocycles. The van der Waals surface area contributed by atoms with Gasteiger partial charge in [-0.1, -0.05) is 13.8 Å². The summed E-state index contributed by atoms with van der Waals surface area (Å²) in [6.45, 7) is 3.44. The fourth-order valence-corrected chi connectivity index (χ4v) is 1.00. The molecule has 0 unspecified atom stereocenters. The zero-order chi connectivity index (χ0) is 11.8. The first kappa shape index (κ1) is 13.5. The summed E-state index contributed by atoms with van der Waals surface area (Å²) in [6, 6.07) is -0.826. The van der Waals surface area contributed by atoms with Gasteiger partial charge in [-0.05, 0) is 12.8 Å². The van der Waals surface area contributed by atoms with Gasteiger partial charge in [0.15, 0.2) is 0 Å². The van der Waals surface area contributed by atoms with E-state index in [0.717, 1.165) is 0 Å². The first-order valence-corrected chi connectivity index (χ1v) is 4.95. The first-order chi connectivity index (χ1) is 6.99. The fourth-order valence-electron chi connectivity index (χ4n) is 1.00. The third kappa shape index (κ3) is 5.74. The van der Waals surface area contributed by atoms with Gasteiger partial charge in [0.1, 0.15) is 6.04 Å². The van der Waals surface area contributed by atoms with E-state index in [1.165, 1.54) is 0 Å². The van der Waals surface area contributed by atoms with E-state index in [-0.39, 0.29) is 11.8 Å². The quantitative estimate of drug-likeness (QED) is 0.509. The average molecular weight is 211 g/mol. The predicted octanol–water partition coefficient (Wildman–Crippen LogP) is 1.02. The molecule has 1 amide bonds. The van der Waals surface area contributed by atoms with Gasteiger partial charge in [-0.3, -0.25) is 4.79 Å². The number of carbonyl (C=O) groups is 2. The SMILES string of the molecule is C#CCCC[C@@H](NC(=O)C(C)C)C(=O)O. The number of hydrogen-bond donors (Lipinski definition) is 2. The molecule has 0 saturated heterocycles. The van der Waals surface area contributed by atoms with E-state index in [1.807, 2.05) is 0 Å². The van der Waals surface area contributed by atoms with Crippen molar-refractivity contribution in [3.8, 4) is 12.3 Å². The van der Waals surface area contributed by atoms with Gasteiger partial charge in [0.2, 0.25) is 5.91 Å². The van der Waals surface area contributed by atoms with Crippen LogP contribution in [0.1, 0.15) is 33.1 Å². The number of rotatable bonds is 6. The number of carbonyl (C=O) groups excluding carboxylic acids is 1. The normalized spacial score (nSPS) is 11.9. The molecule has 0 radical (unpaired) electrons. The lowest BCUT2D eigenvalue weighted by atomic mass is 10.1. The summed E-state index contributed by atoms with van der Waals surface area (Å²) >= 11 is 0. The van der Waals surface area contributed by atoms with Crippen LogP contribution in [-0.4, -0.2) is 23.0 Å². The monoisotopic (exact) mass is 211 g/mol. The van der Waals surface area contributed by atoms with Crippen LogP contribution in [0.15, 0.2) is 0 Å². The van der Waals surface area contributed by atoms with Crippen molar-refractivity contribution < 1.29 is 14.7 Å².